The Labute approximate surface area is 101 Å². The number of rotatable bonds is 4. The zero-order valence-electron chi connectivity index (χ0n) is 8.74. The van der Waals surface area contributed by atoms with Crippen LogP contribution in [0.3, 0.4) is 0 Å². The summed E-state index contributed by atoms with van der Waals surface area (Å²) in [6.45, 7) is 1.88. The van der Waals surface area contributed by atoms with Gasteiger partial charge in [0.05, 0.1) is 12.2 Å². The number of nitrogens with two attached hydrogens (primary N) is 1. The summed E-state index contributed by atoms with van der Waals surface area (Å²) in [7, 11) is -3.72. The summed E-state index contributed by atoms with van der Waals surface area (Å²) in [4.78, 5) is 7.84. The van der Waals surface area contributed by atoms with Crippen LogP contribution >= 0.6 is 11.3 Å². The lowest BCUT2D eigenvalue weighted by molar-refractivity contribution is 0.411. The molecule has 8 nitrogen and oxygen atoms in total. The van der Waals surface area contributed by atoms with Crippen LogP contribution in [0.1, 0.15) is 11.5 Å². The summed E-state index contributed by atoms with van der Waals surface area (Å²) in [5.74, 6) is 0.454. The van der Waals surface area contributed by atoms with Crippen molar-refractivity contribution in [1.82, 2.24) is 15.1 Å². The molecule has 0 radical (unpaired) electrons. The highest BCUT2D eigenvalue weighted by atomic mass is 32.2. The molecule has 2 rings (SSSR count). The number of hydrogen-bond donors (Lipinski definition) is 2. The second-order valence-electron chi connectivity index (χ2n) is 3.14. The molecular formula is C7H9N5O3S2. The van der Waals surface area contributed by atoms with Gasteiger partial charge in [-0.05, 0) is 6.92 Å². The highest BCUT2D eigenvalue weighted by molar-refractivity contribution is 7.91. The summed E-state index contributed by atoms with van der Waals surface area (Å²) in [6, 6.07) is 0. The predicted octanol–water partition coefficient (Wildman–Crippen LogP) is 0.0940. The quantitative estimate of drug-likeness (QED) is 0.810. The molecule has 10 heteroatoms. The fraction of sp³-hybridized carbons (Fsp3) is 0.286. The molecule has 0 amide bonds. The average Bonchev–Trinajstić information content (AvgIpc) is 2.82. The van der Waals surface area contributed by atoms with Crippen LogP contribution in [-0.2, 0) is 16.6 Å². The van der Waals surface area contributed by atoms with Crippen LogP contribution in [0, 0.1) is 6.92 Å². The Morgan fingerprint density at radius 1 is 1.59 bits per heavy atom. The van der Waals surface area contributed by atoms with Gasteiger partial charge in [0.1, 0.15) is 0 Å². The fourth-order valence-corrected chi connectivity index (χ4v) is 3.00. The second-order valence-corrected chi connectivity index (χ2v) is 5.89. The van der Waals surface area contributed by atoms with Crippen LogP contribution < -0.4 is 10.5 Å². The van der Waals surface area contributed by atoms with Crippen LogP contribution in [0.5, 0.6) is 0 Å². The number of sulfonamides is 1. The van der Waals surface area contributed by atoms with Gasteiger partial charge in [0, 0.05) is 0 Å². The van der Waals surface area contributed by atoms with Crippen molar-refractivity contribution in [3.8, 4) is 0 Å². The van der Waals surface area contributed by atoms with Gasteiger partial charge in [-0.3, -0.25) is 0 Å². The van der Waals surface area contributed by atoms with Gasteiger partial charge in [0.25, 0.3) is 0 Å². The molecule has 0 fully saturated rings. The molecular weight excluding hydrogens is 266 g/mol. The monoisotopic (exact) mass is 275 g/mol. The molecule has 17 heavy (non-hydrogen) atoms. The fourth-order valence-electron chi connectivity index (χ4n) is 1.15. The van der Waals surface area contributed by atoms with Crippen molar-refractivity contribution in [1.29, 1.82) is 0 Å². The van der Waals surface area contributed by atoms with Gasteiger partial charge in [-0.2, -0.15) is 4.98 Å². The molecule has 0 aliphatic carbocycles. The molecule has 92 valence electrons. The first-order valence-electron chi connectivity index (χ1n) is 4.46. The molecule has 0 aromatic carbocycles. The normalized spacial score (nSPS) is 11.6. The van der Waals surface area contributed by atoms with Gasteiger partial charge in [-0.25, -0.2) is 18.5 Å². The Morgan fingerprint density at radius 3 is 2.88 bits per heavy atom. The van der Waals surface area contributed by atoms with E-state index in [4.69, 9.17) is 5.14 Å². The van der Waals surface area contributed by atoms with Crippen molar-refractivity contribution < 1.29 is 12.9 Å². The summed E-state index contributed by atoms with van der Waals surface area (Å²) < 4.78 is 27.0. The summed E-state index contributed by atoms with van der Waals surface area (Å²) >= 11 is 0.967. The topological polar surface area (TPSA) is 124 Å². The van der Waals surface area contributed by atoms with E-state index >= 15 is 0 Å². The smallest absolute Gasteiger partial charge is 0.249 e. The SMILES string of the molecule is Cc1nc(NCc2ncon2)sc1S(N)(=O)=O. The van der Waals surface area contributed by atoms with Gasteiger partial charge >= 0.3 is 0 Å². The number of aryl methyl sites for hydroxylation is 1. The van der Waals surface area contributed by atoms with Crippen LogP contribution in [0.2, 0.25) is 0 Å². The van der Waals surface area contributed by atoms with Crippen LogP contribution in [0.15, 0.2) is 15.1 Å². The molecule has 0 atom stereocenters. The molecule has 3 N–H and O–H groups in total. The number of nitrogens with zero attached hydrogens (tertiary/aromatic N) is 3. The van der Waals surface area contributed by atoms with E-state index in [0.29, 0.717) is 23.2 Å². The Balaban J connectivity index is 2.13. The van der Waals surface area contributed by atoms with Crippen LogP contribution in [0.4, 0.5) is 5.13 Å². The number of thiazole rings is 1. The summed E-state index contributed by atoms with van der Waals surface area (Å²) in [6.07, 6.45) is 1.21. The maximum atomic E-state index is 11.2. The third kappa shape index (κ3) is 2.78. The molecule has 0 spiro atoms. The maximum absolute atomic E-state index is 11.2. The zero-order chi connectivity index (χ0) is 12.5. The Hall–Kier alpha value is -1.52. The van der Waals surface area contributed by atoms with E-state index in [2.05, 4.69) is 25.0 Å². The van der Waals surface area contributed by atoms with Gasteiger partial charge in [0.2, 0.25) is 16.4 Å². The standard InChI is InChI=1S/C7H9N5O3S2/c1-4-6(17(8,13)14)16-7(11-4)9-2-5-10-3-15-12-5/h3H,2H2,1H3,(H,9,11)(H2,8,13,14). The Morgan fingerprint density at radius 2 is 2.35 bits per heavy atom. The first kappa shape index (κ1) is 12.0. The lowest BCUT2D eigenvalue weighted by Crippen LogP contribution is -2.11. The van der Waals surface area contributed by atoms with Crippen LogP contribution in [0.25, 0.3) is 0 Å². The van der Waals surface area contributed by atoms with Crippen molar-refractivity contribution in [3.05, 3.63) is 17.9 Å². The molecule has 0 unspecified atom stereocenters. The minimum atomic E-state index is -3.72. The predicted molar refractivity (Wildman–Crippen MR) is 59.8 cm³/mol. The Bertz CT molecular complexity index is 603. The molecule has 2 heterocycles. The molecule has 0 bridgehead atoms. The number of aromatic nitrogens is 3. The largest absolute Gasteiger partial charge is 0.354 e. The van der Waals surface area contributed by atoms with Crippen molar-refractivity contribution in [2.75, 3.05) is 5.32 Å². The molecule has 0 aliphatic heterocycles. The molecule has 2 aromatic rings. The third-order valence-electron chi connectivity index (χ3n) is 1.82. The number of primary sulfonamides is 1. The number of nitrogens with one attached hydrogen (secondary N) is 1. The van der Waals surface area contributed by atoms with Crippen molar-refractivity contribution >= 4 is 26.5 Å². The Kier molecular flexibility index (Phi) is 3.09. The first-order valence-corrected chi connectivity index (χ1v) is 6.82. The molecule has 0 saturated heterocycles. The van der Waals surface area contributed by atoms with Gasteiger partial charge in [0.15, 0.2) is 15.2 Å². The maximum Gasteiger partial charge on any atom is 0.249 e. The van der Waals surface area contributed by atoms with Crippen molar-refractivity contribution in [2.24, 2.45) is 5.14 Å². The van der Waals surface area contributed by atoms with Crippen LogP contribution in [-0.4, -0.2) is 23.5 Å². The lowest BCUT2D eigenvalue weighted by Gasteiger charge is -1.95. The summed E-state index contributed by atoms with van der Waals surface area (Å²) in [5, 5.41) is 12.0. The summed E-state index contributed by atoms with van der Waals surface area (Å²) in [5.41, 5.74) is 0.369. The number of anilines is 1. The molecule has 0 aliphatic rings. The van der Waals surface area contributed by atoms with Crippen molar-refractivity contribution in [3.63, 3.8) is 0 Å². The highest BCUT2D eigenvalue weighted by Crippen LogP contribution is 2.25. The van der Waals surface area contributed by atoms with Gasteiger partial charge in [-0.1, -0.05) is 16.5 Å². The molecule has 0 saturated carbocycles. The highest BCUT2D eigenvalue weighted by Gasteiger charge is 2.17. The molecule has 2 aromatic heterocycles. The minimum Gasteiger partial charge on any atom is -0.354 e. The van der Waals surface area contributed by atoms with Gasteiger partial charge < -0.3 is 9.84 Å². The van der Waals surface area contributed by atoms with E-state index in [1.54, 1.807) is 6.92 Å². The van der Waals surface area contributed by atoms with E-state index in [1.807, 2.05) is 0 Å². The van der Waals surface area contributed by atoms with E-state index in [-0.39, 0.29) is 4.21 Å². The third-order valence-corrected chi connectivity index (χ3v) is 4.49. The van der Waals surface area contributed by atoms with E-state index in [0.717, 1.165) is 11.3 Å². The van der Waals surface area contributed by atoms with Crippen molar-refractivity contribution in [2.45, 2.75) is 17.7 Å². The first-order chi connectivity index (χ1) is 7.97. The zero-order valence-corrected chi connectivity index (χ0v) is 10.4. The van der Waals surface area contributed by atoms with E-state index in [1.165, 1.54) is 6.39 Å². The lowest BCUT2D eigenvalue weighted by atomic mass is 10.6. The average molecular weight is 275 g/mol. The number of hydrogen-bond acceptors (Lipinski definition) is 8. The van der Waals surface area contributed by atoms with Gasteiger partial charge in [-0.15, -0.1) is 0 Å². The second kappa shape index (κ2) is 4.39. The minimum absolute atomic E-state index is 0.0492. The van der Waals surface area contributed by atoms with E-state index in [9.17, 15) is 8.42 Å². The van der Waals surface area contributed by atoms with E-state index < -0.39 is 10.0 Å².